The molecule has 0 aliphatic carbocycles. The first-order valence-corrected chi connectivity index (χ1v) is 10.5. The standard InChI is InChI=1S/C20H16Cl2N4O2S/c1-25-17-16(26(20(28)23-17)10-12-2-6-14(21)7-3-12)18(24-19(25)27)29-11-13-4-8-15(22)9-5-13/h2-9H,10-11H2,1H3,(H,23,28). The summed E-state index contributed by atoms with van der Waals surface area (Å²) >= 11 is 13.3. The maximum Gasteiger partial charge on any atom is 0.350 e. The first-order valence-electron chi connectivity index (χ1n) is 8.73. The summed E-state index contributed by atoms with van der Waals surface area (Å²) in [5.41, 5.74) is 2.29. The fraction of sp³-hybridized carbons (Fsp3) is 0.150. The SMILES string of the molecule is Cn1c(=O)nc(SCc2ccc(Cl)cc2)c2c1[nH]c(=O)n2Cc1ccc(Cl)cc1. The number of benzene rings is 2. The van der Waals surface area contributed by atoms with Crippen molar-refractivity contribution in [2.45, 2.75) is 17.3 Å². The number of halogens is 2. The summed E-state index contributed by atoms with van der Waals surface area (Å²) in [4.78, 5) is 31.9. The van der Waals surface area contributed by atoms with Crippen LogP contribution in [0.25, 0.3) is 11.2 Å². The van der Waals surface area contributed by atoms with Crippen molar-refractivity contribution >= 4 is 46.1 Å². The molecule has 0 fully saturated rings. The van der Waals surface area contributed by atoms with Gasteiger partial charge < -0.3 is 0 Å². The minimum absolute atomic E-state index is 0.300. The van der Waals surface area contributed by atoms with Crippen molar-refractivity contribution in [2.24, 2.45) is 7.05 Å². The van der Waals surface area contributed by atoms with E-state index in [0.29, 0.717) is 38.5 Å². The average Bonchev–Trinajstić information content (AvgIpc) is 3.03. The Morgan fingerprint density at radius 2 is 1.55 bits per heavy atom. The molecule has 9 heteroatoms. The van der Waals surface area contributed by atoms with E-state index in [9.17, 15) is 9.59 Å². The van der Waals surface area contributed by atoms with Gasteiger partial charge in [0.15, 0.2) is 0 Å². The number of rotatable bonds is 5. The first kappa shape index (κ1) is 19.8. The number of aromatic nitrogens is 4. The van der Waals surface area contributed by atoms with E-state index in [1.165, 1.54) is 16.3 Å². The van der Waals surface area contributed by atoms with Crippen LogP contribution in [-0.4, -0.2) is 19.1 Å². The number of imidazole rings is 1. The summed E-state index contributed by atoms with van der Waals surface area (Å²) < 4.78 is 2.94. The monoisotopic (exact) mass is 446 g/mol. The van der Waals surface area contributed by atoms with Crippen molar-refractivity contribution < 1.29 is 0 Å². The molecule has 6 nitrogen and oxygen atoms in total. The molecule has 0 aliphatic rings. The van der Waals surface area contributed by atoms with E-state index >= 15 is 0 Å². The van der Waals surface area contributed by atoms with Gasteiger partial charge in [0.25, 0.3) is 0 Å². The van der Waals surface area contributed by atoms with E-state index in [1.807, 2.05) is 36.4 Å². The Labute approximate surface area is 180 Å². The molecule has 29 heavy (non-hydrogen) atoms. The first-order chi connectivity index (χ1) is 13.9. The predicted molar refractivity (Wildman–Crippen MR) is 117 cm³/mol. The van der Waals surface area contributed by atoms with Crippen LogP contribution >= 0.6 is 35.0 Å². The number of nitrogens with zero attached hydrogens (tertiary/aromatic N) is 3. The zero-order valence-electron chi connectivity index (χ0n) is 15.4. The van der Waals surface area contributed by atoms with Gasteiger partial charge in [0.1, 0.15) is 16.2 Å². The highest BCUT2D eigenvalue weighted by atomic mass is 35.5. The van der Waals surface area contributed by atoms with Crippen LogP contribution in [0.1, 0.15) is 11.1 Å². The third-order valence-corrected chi connectivity index (χ3v) is 6.07. The minimum Gasteiger partial charge on any atom is -0.291 e. The lowest BCUT2D eigenvalue weighted by atomic mass is 10.2. The van der Waals surface area contributed by atoms with Crippen LogP contribution in [0.2, 0.25) is 10.0 Å². The Morgan fingerprint density at radius 1 is 0.966 bits per heavy atom. The number of fused-ring (bicyclic) bond motifs is 1. The van der Waals surface area contributed by atoms with Gasteiger partial charge in [-0.2, -0.15) is 4.98 Å². The summed E-state index contributed by atoms with van der Waals surface area (Å²) in [6.07, 6.45) is 0. The van der Waals surface area contributed by atoms with E-state index in [2.05, 4.69) is 9.97 Å². The molecular weight excluding hydrogens is 431 g/mol. The zero-order valence-corrected chi connectivity index (χ0v) is 17.7. The smallest absolute Gasteiger partial charge is 0.291 e. The molecule has 2 aromatic heterocycles. The van der Waals surface area contributed by atoms with Crippen LogP contribution in [-0.2, 0) is 19.3 Å². The molecule has 4 rings (SSSR count). The lowest BCUT2D eigenvalue weighted by molar-refractivity contribution is 0.770. The highest BCUT2D eigenvalue weighted by molar-refractivity contribution is 7.98. The highest BCUT2D eigenvalue weighted by Gasteiger charge is 2.17. The molecule has 148 valence electrons. The van der Waals surface area contributed by atoms with E-state index < -0.39 is 5.69 Å². The maximum absolute atomic E-state index is 12.7. The van der Waals surface area contributed by atoms with Crippen LogP contribution in [0.15, 0.2) is 63.1 Å². The molecule has 0 bridgehead atoms. The molecule has 0 spiro atoms. The normalized spacial score (nSPS) is 11.3. The maximum atomic E-state index is 12.7. The quantitative estimate of drug-likeness (QED) is 0.370. The Balaban J connectivity index is 1.77. The van der Waals surface area contributed by atoms with Gasteiger partial charge in [-0.25, -0.2) is 9.59 Å². The molecule has 0 amide bonds. The third kappa shape index (κ3) is 4.12. The van der Waals surface area contributed by atoms with Gasteiger partial charge in [0.05, 0.1) is 6.54 Å². The number of H-pyrrole nitrogens is 1. The zero-order chi connectivity index (χ0) is 20.5. The van der Waals surface area contributed by atoms with Crippen molar-refractivity contribution in [2.75, 3.05) is 0 Å². The van der Waals surface area contributed by atoms with Crippen molar-refractivity contribution in [3.63, 3.8) is 0 Å². The Hall–Kier alpha value is -2.48. The average molecular weight is 447 g/mol. The lowest BCUT2D eigenvalue weighted by Gasteiger charge is -2.09. The Morgan fingerprint density at radius 3 is 2.17 bits per heavy atom. The molecule has 2 heterocycles. The predicted octanol–water partition coefficient (Wildman–Crippen LogP) is 4.07. The second-order valence-corrected chi connectivity index (χ2v) is 8.35. The third-order valence-electron chi connectivity index (χ3n) is 4.53. The summed E-state index contributed by atoms with van der Waals surface area (Å²) in [7, 11) is 1.59. The summed E-state index contributed by atoms with van der Waals surface area (Å²) in [5.74, 6) is 0.590. The highest BCUT2D eigenvalue weighted by Crippen LogP contribution is 2.27. The van der Waals surface area contributed by atoms with Gasteiger partial charge in [0, 0.05) is 22.8 Å². The molecule has 2 aromatic carbocycles. The van der Waals surface area contributed by atoms with Gasteiger partial charge in [-0.1, -0.05) is 59.2 Å². The van der Waals surface area contributed by atoms with Crippen molar-refractivity contribution in [1.29, 1.82) is 0 Å². The molecule has 0 saturated heterocycles. The van der Waals surface area contributed by atoms with Crippen molar-refractivity contribution in [1.82, 2.24) is 19.1 Å². The van der Waals surface area contributed by atoms with Crippen LogP contribution in [0.3, 0.4) is 0 Å². The number of thioether (sulfide) groups is 1. The molecule has 4 aromatic rings. The van der Waals surface area contributed by atoms with Crippen LogP contribution in [0, 0.1) is 0 Å². The summed E-state index contributed by atoms with van der Waals surface area (Å²) in [6.45, 7) is 0.338. The number of aromatic amines is 1. The molecule has 0 unspecified atom stereocenters. The van der Waals surface area contributed by atoms with Crippen LogP contribution in [0.5, 0.6) is 0 Å². The second kappa shape index (κ2) is 8.10. The molecular formula is C20H16Cl2N4O2S. The summed E-state index contributed by atoms with van der Waals surface area (Å²) in [6, 6.07) is 14.8. The molecule has 0 radical (unpaired) electrons. The molecule has 1 N–H and O–H groups in total. The lowest BCUT2D eigenvalue weighted by Crippen LogP contribution is -2.21. The van der Waals surface area contributed by atoms with Crippen LogP contribution in [0.4, 0.5) is 0 Å². The Bertz CT molecular complexity index is 1290. The fourth-order valence-corrected chi connectivity index (χ4v) is 4.22. The molecule has 0 saturated carbocycles. The second-order valence-electron chi connectivity index (χ2n) is 6.51. The number of nitrogens with one attached hydrogen (secondary N) is 1. The summed E-state index contributed by atoms with van der Waals surface area (Å²) in [5, 5.41) is 1.80. The van der Waals surface area contributed by atoms with Gasteiger partial charge in [-0.3, -0.25) is 14.1 Å². The van der Waals surface area contributed by atoms with Crippen molar-refractivity contribution in [3.8, 4) is 0 Å². The van der Waals surface area contributed by atoms with Gasteiger partial charge in [-0.15, -0.1) is 0 Å². The van der Waals surface area contributed by atoms with Gasteiger partial charge in [-0.05, 0) is 35.4 Å². The van der Waals surface area contributed by atoms with Gasteiger partial charge >= 0.3 is 11.4 Å². The number of hydrogen-bond donors (Lipinski definition) is 1. The van der Waals surface area contributed by atoms with E-state index in [0.717, 1.165) is 11.1 Å². The minimum atomic E-state index is -0.420. The fourth-order valence-electron chi connectivity index (χ4n) is 2.98. The number of aryl methyl sites for hydroxylation is 1. The van der Waals surface area contributed by atoms with E-state index in [1.54, 1.807) is 23.7 Å². The topological polar surface area (TPSA) is 72.7 Å². The Kier molecular flexibility index (Phi) is 5.54. The van der Waals surface area contributed by atoms with E-state index in [4.69, 9.17) is 23.2 Å². The van der Waals surface area contributed by atoms with Crippen LogP contribution < -0.4 is 11.4 Å². The molecule has 0 atom stereocenters. The van der Waals surface area contributed by atoms with Crippen molar-refractivity contribution in [3.05, 3.63) is 90.7 Å². The number of hydrogen-bond acceptors (Lipinski definition) is 4. The largest absolute Gasteiger partial charge is 0.350 e. The molecule has 0 aliphatic heterocycles. The van der Waals surface area contributed by atoms with E-state index in [-0.39, 0.29) is 5.69 Å². The van der Waals surface area contributed by atoms with Gasteiger partial charge in [0.2, 0.25) is 0 Å².